The monoisotopic (exact) mass is 304 g/mol. The molecule has 4 N–H and O–H groups in total. The fourth-order valence-corrected chi connectivity index (χ4v) is 2.17. The van der Waals surface area contributed by atoms with Crippen molar-refractivity contribution >= 4 is 17.5 Å². The zero-order valence-electron chi connectivity index (χ0n) is 11.4. The molecule has 2 aromatic carbocycles. The van der Waals surface area contributed by atoms with Gasteiger partial charge in [0.2, 0.25) is 0 Å². The zero-order valence-corrected chi connectivity index (χ0v) is 12.2. The lowest BCUT2D eigenvalue weighted by atomic mass is 10.0. The maximum atomic E-state index is 11.9. The van der Waals surface area contributed by atoms with Crippen molar-refractivity contribution in [3.63, 3.8) is 0 Å². The SMILES string of the molecule is NC(CCNC(=O)c1ccc(Cl)cc1O)c1ccccc1. The number of nitrogens with one attached hydrogen (secondary N) is 1. The Bertz CT molecular complexity index is 617. The largest absolute Gasteiger partial charge is 0.507 e. The minimum absolute atomic E-state index is 0.132. The van der Waals surface area contributed by atoms with E-state index in [1.807, 2.05) is 30.3 Å². The van der Waals surface area contributed by atoms with E-state index in [9.17, 15) is 9.90 Å². The van der Waals surface area contributed by atoms with Gasteiger partial charge in [0.1, 0.15) is 5.75 Å². The summed E-state index contributed by atoms with van der Waals surface area (Å²) in [6.07, 6.45) is 0.615. The minimum atomic E-state index is -0.343. The summed E-state index contributed by atoms with van der Waals surface area (Å²) in [5.41, 5.74) is 7.28. The van der Waals surface area contributed by atoms with Crippen LogP contribution in [-0.2, 0) is 0 Å². The summed E-state index contributed by atoms with van der Waals surface area (Å²) in [6.45, 7) is 0.428. The van der Waals surface area contributed by atoms with Crippen LogP contribution in [0.1, 0.15) is 28.4 Å². The van der Waals surface area contributed by atoms with E-state index in [0.29, 0.717) is 18.0 Å². The van der Waals surface area contributed by atoms with Crippen LogP contribution in [0.4, 0.5) is 0 Å². The van der Waals surface area contributed by atoms with E-state index in [4.69, 9.17) is 17.3 Å². The topological polar surface area (TPSA) is 75.3 Å². The van der Waals surface area contributed by atoms with Crippen molar-refractivity contribution in [2.24, 2.45) is 5.73 Å². The Morgan fingerprint density at radius 3 is 2.62 bits per heavy atom. The van der Waals surface area contributed by atoms with Gasteiger partial charge in [0.25, 0.3) is 5.91 Å². The summed E-state index contributed by atoms with van der Waals surface area (Å²) in [4.78, 5) is 11.9. The Labute approximate surface area is 128 Å². The average Bonchev–Trinajstić information content (AvgIpc) is 2.47. The molecule has 0 saturated carbocycles. The minimum Gasteiger partial charge on any atom is -0.507 e. The average molecular weight is 305 g/mol. The summed E-state index contributed by atoms with van der Waals surface area (Å²) < 4.78 is 0. The molecule has 110 valence electrons. The van der Waals surface area contributed by atoms with Crippen molar-refractivity contribution in [2.75, 3.05) is 6.54 Å². The van der Waals surface area contributed by atoms with Gasteiger partial charge in [-0.2, -0.15) is 0 Å². The van der Waals surface area contributed by atoms with Gasteiger partial charge in [-0.25, -0.2) is 0 Å². The highest BCUT2D eigenvalue weighted by Gasteiger charge is 2.12. The standard InChI is InChI=1S/C16H17ClN2O2/c17-12-6-7-13(15(20)10-12)16(21)19-9-8-14(18)11-4-2-1-3-5-11/h1-7,10,14,20H,8-9,18H2,(H,19,21). The molecule has 1 unspecified atom stereocenters. The van der Waals surface area contributed by atoms with Crippen LogP contribution < -0.4 is 11.1 Å². The molecule has 0 aliphatic carbocycles. The Morgan fingerprint density at radius 2 is 1.95 bits per heavy atom. The van der Waals surface area contributed by atoms with Gasteiger partial charge in [0, 0.05) is 17.6 Å². The molecule has 0 aliphatic rings. The second-order valence-corrected chi connectivity index (χ2v) is 5.16. The molecule has 21 heavy (non-hydrogen) atoms. The Morgan fingerprint density at radius 1 is 1.24 bits per heavy atom. The van der Waals surface area contributed by atoms with E-state index >= 15 is 0 Å². The maximum Gasteiger partial charge on any atom is 0.255 e. The first-order valence-corrected chi connectivity index (χ1v) is 7.03. The molecule has 0 heterocycles. The molecule has 0 radical (unpaired) electrons. The van der Waals surface area contributed by atoms with E-state index < -0.39 is 0 Å². The number of aromatic hydroxyl groups is 1. The number of hydrogen-bond donors (Lipinski definition) is 3. The number of amides is 1. The molecule has 0 aromatic heterocycles. The molecule has 0 aliphatic heterocycles. The lowest BCUT2D eigenvalue weighted by Gasteiger charge is -2.13. The summed E-state index contributed by atoms with van der Waals surface area (Å²) in [6, 6.07) is 14.0. The number of carbonyl (C=O) groups is 1. The summed E-state index contributed by atoms with van der Waals surface area (Å²) in [5, 5.41) is 12.8. The fourth-order valence-electron chi connectivity index (χ4n) is 2.00. The molecular formula is C16H17ClN2O2. The van der Waals surface area contributed by atoms with Crippen molar-refractivity contribution in [3.8, 4) is 5.75 Å². The molecule has 0 bridgehead atoms. The quantitative estimate of drug-likeness (QED) is 0.795. The Balaban J connectivity index is 1.87. The van der Waals surface area contributed by atoms with Crippen molar-refractivity contribution in [1.82, 2.24) is 5.32 Å². The number of rotatable bonds is 5. The third-order valence-corrected chi connectivity index (χ3v) is 3.41. The maximum absolute atomic E-state index is 11.9. The van der Waals surface area contributed by atoms with Crippen LogP contribution in [-0.4, -0.2) is 17.6 Å². The number of carbonyl (C=O) groups excluding carboxylic acids is 1. The van der Waals surface area contributed by atoms with E-state index in [1.165, 1.54) is 12.1 Å². The molecule has 2 aromatic rings. The van der Waals surface area contributed by atoms with Gasteiger partial charge >= 0.3 is 0 Å². The Kier molecular flexibility index (Phi) is 5.20. The van der Waals surface area contributed by atoms with E-state index in [0.717, 1.165) is 5.56 Å². The van der Waals surface area contributed by atoms with E-state index in [1.54, 1.807) is 6.07 Å². The summed E-state index contributed by atoms with van der Waals surface area (Å²) in [7, 11) is 0. The Hall–Kier alpha value is -2.04. The summed E-state index contributed by atoms with van der Waals surface area (Å²) >= 11 is 5.73. The normalized spacial score (nSPS) is 11.9. The predicted octanol–water partition coefficient (Wildman–Crippen LogP) is 2.87. The molecule has 0 fully saturated rings. The van der Waals surface area contributed by atoms with Gasteiger partial charge < -0.3 is 16.2 Å². The number of hydrogen-bond acceptors (Lipinski definition) is 3. The second-order valence-electron chi connectivity index (χ2n) is 4.72. The van der Waals surface area contributed by atoms with Crippen LogP contribution >= 0.6 is 11.6 Å². The van der Waals surface area contributed by atoms with Crippen molar-refractivity contribution in [2.45, 2.75) is 12.5 Å². The van der Waals surface area contributed by atoms with Crippen LogP contribution in [0.25, 0.3) is 0 Å². The highest BCUT2D eigenvalue weighted by atomic mass is 35.5. The molecule has 1 atom stereocenters. The number of benzene rings is 2. The highest BCUT2D eigenvalue weighted by molar-refractivity contribution is 6.30. The first-order valence-electron chi connectivity index (χ1n) is 6.65. The van der Waals surface area contributed by atoms with E-state index in [2.05, 4.69) is 5.32 Å². The van der Waals surface area contributed by atoms with Crippen LogP contribution in [0.2, 0.25) is 5.02 Å². The predicted molar refractivity (Wildman–Crippen MR) is 83.4 cm³/mol. The van der Waals surface area contributed by atoms with E-state index in [-0.39, 0.29) is 23.3 Å². The first-order chi connectivity index (χ1) is 10.1. The highest BCUT2D eigenvalue weighted by Crippen LogP contribution is 2.21. The van der Waals surface area contributed by atoms with Gasteiger partial charge in [0.15, 0.2) is 0 Å². The number of phenolic OH excluding ortho intramolecular Hbond substituents is 1. The third kappa shape index (κ3) is 4.21. The van der Waals surface area contributed by atoms with Crippen LogP contribution in [0, 0.1) is 0 Å². The van der Waals surface area contributed by atoms with Gasteiger partial charge in [-0.05, 0) is 30.2 Å². The second kappa shape index (κ2) is 7.11. The third-order valence-electron chi connectivity index (χ3n) is 3.17. The lowest BCUT2D eigenvalue weighted by molar-refractivity contribution is 0.0950. The lowest BCUT2D eigenvalue weighted by Crippen LogP contribution is -2.27. The number of phenols is 1. The number of halogens is 1. The van der Waals surface area contributed by atoms with Gasteiger partial charge in [-0.1, -0.05) is 41.9 Å². The molecule has 5 heteroatoms. The van der Waals surface area contributed by atoms with Gasteiger partial charge in [0.05, 0.1) is 5.56 Å². The molecule has 2 rings (SSSR count). The molecule has 4 nitrogen and oxygen atoms in total. The van der Waals surface area contributed by atoms with Crippen molar-refractivity contribution in [1.29, 1.82) is 0 Å². The summed E-state index contributed by atoms with van der Waals surface area (Å²) in [5.74, 6) is -0.475. The zero-order chi connectivity index (χ0) is 15.2. The van der Waals surface area contributed by atoms with Crippen LogP contribution in [0.15, 0.2) is 48.5 Å². The van der Waals surface area contributed by atoms with Crippen LogP contribution in [0.5, 0.6) is 5.75 Å². The fraction of sp³-hybridized carbons (Fsp3) is 0.188. The van der Waals surface area contributed by atoms with Crippen LogP contribution in [0.3, 0.4) is 0 Å². The van der Waals surface area contributed by atoms with Gasteiger partial charge in [-0.3, -0.25) is 4.79 Å². The molecule has 0 saturated heterocycles. The van der Waals surface area contributed by atoms with Crippen molar-refractivity contribution < 1.29 is 9.90 Å². The smallest absolute Gasteiger partial charge is 0.255 e. The molecule has 1 amide bonds. The molecular weight excluding hydrogens is 288 g/mol. The van der Waals surface area contributed by atoms with Gasteiger partial charge in [-0.15, -0.1) is 0 Å². The van der Waals surface area contributed by atoms with Crippen molar-refractivity contribution in [3.05, 3.63) is 64.7 Å². The molecule has 0 spiro atoms. The first kappa shape index (κ1) is 15.4. The number of nitrogens with two attached hydrogens (primary N) is 1.